The van der Waals surface area contributed by atoms with E-state index < -0.39 is 135 Å². The Morgan fingerprint density at radius 3 is 1.17 bits per heavy atom. The highest BCUT2D eigenvalue weighted by Gasteiger charge is 2.57. The molecule has 60 heavy (non-hydrogen) atoms. The van der Waals surface area contributed by atoms with Crippen LogP contribution in [-0.2, 0) is 66.3 Å². The van der Waals surface area contributed by atoms with Gasteiger partial charge in [-0.15, -0.1) is 0 Å². The van der Waals surface area contributed by atoms with Crippen LogP contribution in [0.4, 0.5) is 0 Å². The molecule has 0 bridgehead atoms. The quantitative estimate of drug-likeness (QED) is 0.0599. The van der Waals surface area contributed by atoms with Crippen molar-refractivity contribution in [2.24, 2.45) is 29.6 Å². The Morgan fingerprint density at radius 2 is 0.817 bits per heavy atom. The molecule has 354 valence electrons. The number of methoxy groups -OCH3 is 6. The van der Waals surface area contributed by atoms with E-state index in [0.717, 1.165) is 0 Å². The average Bonchev–Trinajstić information content (AvgIpc) is 3.24. The fraction of sp³-hybridized carbons (Fsp3) is 1.00. The number of hydrogen-bond acceptors (Lipinski definition) is 20. The van der Waals surface area contributed by atoms with Crippen LogP contribution in [-0.4, -0.2) is 231 Å². The molecule has 9 unspecified atom stereocenters. The average molecular weight is 875 g/mol. The molecule has 20 heteroatoms. The fourth-order valence-electron chi connectivity index (χ4n) is 9.32. The molecule has 0 aliphatic carbocycles. The molecule has 4 aliphatic rings. The molecule has 6 N–H and O–H groups in total. The summed E-state index contributed by atoms with van der Waals surface area (Å²) >= 11 is 0. The molecule has 0 spiro atoms. The summed E-state index contributed by atoms with van der Waals surface area (Å²) in [5, 5.41) is 62.9. The minimum absolute atomic E-state index is 0.0239. The SMILES string of the molecule is CCCO[C@@H]1C(OC)[C@@H](O[C@@H]2C(OC)[C@@H](O[C@@H]3C(OC)[C@@H](OC4C(C)OC(CCO)[C@@H](CO)[C@@H]4CO)OC(COC)[C@H]3CO)OC(COC)[C@H]2CO)OC(COC)[C@H]1CO. The summed E-state index contributed by atoms with van der Waals surface area (Å²) in [6.45, 7) is 2.41. The van der Waals surface area contributed by atoms with Gasteiger partial charge in [-0.1, -0.05) is 6.92 Å². The van der Waals surface area contributed by atoms with E-state index in [1.165, 1.54) is 42.7 Å². The molecule has 4 aliphatic heterocycles. The summed E-state index contributed by atoms with van der Waals surface area (Å²) in [6.07, 6.45) is -12.2. The normalized spacial score (nSPS) is 42.7. The van der Waals surface area contributed by atoms with E-state index in [4.69, 9.17) is 66.3 Å². The lowest BCUT2D eigenvalue weighted by atomic mass is 9.79. The molecular weight excluding hydrogens is 800 g/mol. The topological polar surface area (TPSA) is 251 Å². The van der Waals surface area contributed by atoms with Gasteiger partial charge in [0.25, 0.3) is 0 Å². The largest absolute Gasteiger partial charge is 0.396 e. The van der Waals surface area contributed by atoms with E-state index >= 15 is 0 Å². The van der Waals surface area contributed by atoms with Crippen molar-refractivity contribution >= 4 is 0 Å². The van der Waals surface area contributed by atoms with Crippen LogP contribution in [0, 0.1) is 29.6 Å². The maximum Gasteiger partial charge on any atom is 0.187 e. The van der Waals surface area contributed by atoms with Gasteiger partial charge >= 0.3 is 0 Å². The van der Waals surface area contributed by atoms with Gasteiger partial charge in [0.15, 0.2) is 18.9 Å². The summed E-state index contributed by atoms with van der Waals surface area (Å²) in [4.78, 5) is 0. The third-order valence-electron chi connectivity index (χ3n) is 12.4. The van der Waals surface area contributed by atoms with Crippen LogP contribution in [0.1, 0.15) is 26.7 Å². The number of aliphatic hydroxyl groups excluding tert-OH is 6. The Bertz CT molecular complexity index is 1160. The molecule has 4 rings (SSSR count). The van der Waals surface area contributed by atoms with Crippen molar-refractivity contribution in [3.05, 3.63) is 0 Å². The summed E-state index contributed by atoms with van der Waals surface area (Å²) in [5.41, 5.74) is 0. The first-order valence-electron chi connectivity index (χ1n) is 21.0. The molecule has 0 aromatic carbocycles. The highest BCUT2D eigenvalue weighted by molar-refractivity contribution is 4.99. The van der Waals surface area contributed by atoms with Gasteiger partial charge in [0.05, 0.1) is 94.6 Å². The smallest absolute Gasteiger partial charge is 0.187 e. The molecule has 0 aromatic rings. The van der Waals surface area contributed by atoms with Gasteiger partial charge in [-0.05, 0) is 19.8 Å². The molecule has 4 fully saturated rings. The second kappa shape index (κ2) is 26.2. The van der Waals surface area contributed by atoms with Gasteiger partial charge in [0.2, 0.25) is 0 Å². The zero-order valence-corrected chi connectivity index (χ0v) is 36.4. The van der Waals surface area contributed by atoms with Gasteiger partial charge in [-0.25, -0.2) is 0 Å². The van der Waals surface area contributed by atoms with Gasteiger partial charge in [0, 0.05) is 98.7 Å². The number of hydrogen-bond donors (Lipinski definition) is 6. The highest BCUT2D eigenvalue weighted by Crippen LogP contribution is 2.41. The van der Waals surface area contributed by atoms with Crippen LogP contribution < -0.4 is 0 Å². The molecule has 0 saturated carbocycles. The second-order valence-corrected chi connectivity index (χ2v) is 15.9. The van der Waals surface area contributed by atoms with Gasteiger partial charge in [0.1, 0.15) is 18.3 Å². The Labute approximate surface area is 353 Å². The van der Waals surface area contributed by atoms with Gasteiger partial charge in [-0.3, -0.25) is 0 Å². The summed E-state index contributed by atoms with van der Waals surface area (Å²) < 4.78 is 86.8. The lowest BCUT2D eigenvalue weighted by Crippen LogP contribution is -2.66. The van der Waals surface area contributed by atoms with Crippen LogP contribution in [0.25, 0.3) is 0 Å². The molecule has 20 atom stereocenters. The van der Waals surface area contributed by atoms with E-state index in [1.54, 1.807) is 6.92 Å². The van der Waals surface area contributed by atoms with Crippen molar-refractivity contribution < 1.29 is 97.0 Å². The first-order chi connectivity index (χ1) is 29.1. The minimum Gasteiger partial charge on any atom is -0.396 e. The number of aliphatic hydroxyl groups is 6. The van der Waals surface area contributed by atoms with Crippen LogP contribution in [0.3, 0.4) is 0 Å². The summed E-state index contributed by atoms with van der Waals surface area (Å²) in [7, 11) is 8.92. The number of ether oxygens (including phenoxy) is 14. The van der Waals surface area contributed by atoms with Crippen molar-refractivity contribution in [3.63, 3.8) is 0 Å². The molecular formula is C40H74O20. The van der Waals surface area contributed by atoms with E-state index in [2.05, 4.69) is 0 Å². The molecule has 4 heterocycles. The van der Waals surface area contributed by atoms with Gasteiger partial charge < -0.3 is 97.0 Å². The van der Waals surface area contributed by atoms with Crippen molar-refractivity contribution in [1.82, 2.24) is 0 Å². The van der Waals surface area contributed by atoms with E-state index in [9.17, 15) is 30.6 Å². The second-order valence-electron chi connectivity index (χ2n) is 15.9. The molecule has 4 saturated heterocycles. The first-order valence-corrected chi connectivity index (χ1v) is 21.0. The standard InChI is InChI=1S/C40H74O20/c1-9-12-53-32-24(15-44)28(18-47-3)55-38(35(32)50-6)59-34-26(17-46)30(20-49-5)57-40(37(34)52-8)60-33-25(16-45)29(19-48-4)56-39(36(33)51-7)58-31-21(2)54-27(10-11-41)22(13-42)23(31)14-43/h21-46H,9-20H2,1-8H3/t21?,22-,23-,24+,25+,26+,27?,28?,29?,30?,31?,32-,33-,34-,35?,36?,37?,38+,39+,40+/m0/s1. The molecule has 0 radical (unpaired) electrons. The van der Waals surface area contributed by atoms with E-state index in [-0.39, 0.29) is 52.7 Å². The van der Waals surface area contributed by atoms with Crippen molar-refractivity contribution in [1.29, 1.82) is 0 Å². The van der Waals surface area contributed by atoms with E-state index in [0.29, 0.717) is 13.0 Å². The Hall–Kier alpha value is -0.800. The molecule has 20 nitrogen and oxygen atoms in total. The lowest BCUT2D eigenvalue weighted by Gasteiger charge is -2.52. The maximum atomic E-state index is 10.9. The maximum absolute atomic E-state index is 10.9. The number of rotatable bonds is 25. The highest BCUT2D eigenvalue weighted by atomic mass is 16.8. The summed E-state index contributed by atoms with van der Waals surface area (Å²) in [5.74, 6) is -3.15. The monoisotopic (exact) mass is 874 g/mol. The first kappa shape index (κ1) is 51.8. The third-order valence-corrected chi connectivity index (χ3v) is 12.4. The predicted octanol–water partition coefficient (Wildman–Crippen LogP) is -1.69. The minimum atomic E-state index is -1.24. The van der Waals surface area contributed by atoms with Crippen LogP contribution in [0.15, 0.2) is 0 Å². The van der Waals surface area contributed by atoms with Crippen molar-refractivity contribution in [2.75, 3.05) is 109 Å². The Balaban J connectivity index is 1.71. The lowest BCUT2D eigenvalue weighted by molar-refractivity contribution is -0.385. The third kappa shape index (κ3) is 11.9. The van der Waals surface area contributed by atoms with Crippen LogP contribution in [0.2, 0.25) is 0 Å². The molecule has 0 amide bonds. The van der Waals surface area contributed by atoms with Gasteiger partial charge in [-0.2, -0.15) is 0 Å². The van der Waals surface area contributed by atoms with Crippen molar-refractivity contribution in [2.45, 2.75) is 119 Å². The van der Waals surface area contributed by atoms with Crippen LogP contribution >= 0.6 is 0 Å². The van der Waals surface area contributed by atoms with Crippen molar-refractivity contribution in [3.8, 4) is 0 Å². The predicted molar refractivity (Wildman–Crippen MR) is 208 cm³/mol. The Morgan fingerprint density at radius 1 is 0.433 bits per heavy atom. The van der Waals surface area contributed by atoms with Crippen LogP contribution in [0.5, 0.6) is 0 Å². The fourth-order valence-corrected chi connectivity index (χ4v) is 9.32. The van der Waals surface area contributed by atoms with E-state index in [1.807, 2.05) is 6.92 Å². The molecule has 0 aromatic heterocycles. The zero-order chi connectivity index (χ0) is 43.9. The summed E-state index contributed by atoms with van der Waals surface area (Å²) in [6, 6.07) is 0. The Kier molecular flexibility index (Phi) is 22.7. The zero-order valence-electron chi connectivity index (χ0n) is 36.4.